The van der Waals surface area contributed by atoms with Gasteiger partial charge in [0.1, 0.15) is 17.6 Å². The zero-order valence-corrected chi connectivity index (χ0v) is 20.3. The number of aliphatic hydroxyl groups excluding tert-OH is 1. The van der Waals surface area contributed by atoms with Crippen LogP contribution in [0.1, 0.15) is 47.0 Å². The van der Waals surface area contributed by atoms with Crippen molar-refractivity contribution >= 4 is 17.8 Å². The van der Waals surface area contributed by atoms with Crippen LogP contribution < -0.4 is 0 Å². The van der Waals surface area contributed by atoms with E-state index in [9.17, 15) is 19.5 Å². The Morgan fingerprint density at radius 3 is 2.64 bits per heavy atom. The molecule has 2 amide bonds. The molecule has 184 valence electrons. The Hall–Kier alpha value is -2.19. The summed E-state index contributed by atoms with van der Waals surface area (Å²) in [5.74, 6) is -2.58. The molecule has 3 heterocycles. The van der Waals surface area contributed by atoms with Crippen molar-refractivity contribution in [1.29, 1.82) is 0 Å². The van der Waals surface area contributed by atoms with Gasteiger partial charge in [0.05, 0.1) is 18.1 Å². The SMILES string of the molecule is C=CCCOC(=O)[C@@H]1[C@H]2C(=O)N(CCCO)C(C(=O)N(CC=C)C(C)C)C23CC(C)[C@@]1(C)O3. The number of nitrogens with zero attached hydrogens (tertiary/aromatic N) is 2. The van der Waals surface area contributed by atoms with Gasteiger partial charge in [-0.05, 0) is 46.0 Å². The van der Waals surface area contributed by atoms with Crippen molar-refractivity contribution < 1.29 is 29.0 Å². The second kappa shape index (κ2) is 9.58. The molecule has 3 saturated heterocycles. The zero-order valence-electron chi connectivity index (χ0n) is 20.3. The summed E-state index contributed by atoms with van der Waals surface area (Å²) in [5.41, 5.74) is -2.00. The third-order valence-corrected chi connectivity index (χ3v) is 7.66. The van der Waals surface area contributed by atoms with Gasteiger partial charge >= 0.3 is 5.97 Å². The van der Waals surface area contributed by atoms with Crippen molar-refractivity contribution in [2.45, 2.75) is 70.2 Å². The third-order valence-electron chi connectivity index (χ3n) is 7.66. The van der Waals surface area contributed by atoms with E-state index in [2.05, 4.69) is 13.2 Å². The Labute approximate surface area is 196 Å². The zero-order chi connectivity index (χ0) is 24.6. The number of carbonyl (C=O) groups excluding carboxylic acids is 3. The van der Waals surface area contributed by atoms with Gasteiger partial charge in [-0.25, -0.2) is 0 Å². The lowest BCUT2D eigenvalue weighted by Crippen LogP contribution is -2.57. The molecule has 0 aliphatic carbocycles. The van der Waals surface area contributed by atoms with E-state index in [0.717, 1.165) is 0 Å². The van der Waals surface area contributed by atoms with Crippen LogP contribution in [0.15, 0.2) is 25.3 Å². The predicted octanol–water partition coefficient (Wildman–Crippen LogP) is 1.92. The van der Waals surface area contributed by atoms with Gasteiger partial charge in [-0.15, -0.1) is 13.2 Å². The van der Waals surface area contributed by atoms with E-state index in [-0.39, 0.29) is 43.5 Å². The number of esters is 1. The molecule has 1 N–H and O–H groups in total. The summed E-state index contributed by atoms with van der Waals surface area (Å²) in [6.07, 6.45) is 4.69. The van der Waals surface area contributed by atoms with E-state index < -0.39 is 35.0 Å². The first-order valence-electron chi connectivity index (χ1n) is 11.9. The molecule has 3 fully saturated rings. The van der Waals surface area contributed by atoms with E-state index in [0.29, 0.717) is 25.8 Å². The van der Waals surface area contributed by atoms with Gasteiger partial charge < -0.3 is 24.4 Å². The Morgan fingerprint density at radius 2 is 2.06 bits per heavy atom. The topological polar surface area (TPSA) is 96.4 Å². The van der Waals surface area contributed by atoms with Crippen LogP contribution in [0.5, 0.6) is 0 Å². The molecule has 3 aliphatic heterocycles. The van der Waals surface area contributed by atoms with Gasteiger partial charge in [0, 0.05) is 25.7 Å². The van der Waals surface area contributed by atoms with Gasteiger partial charge in [-0.3, -0.25) is 14.4 Å². The minimum absolute atomic E-state index is 0.0431. The van der Waals surface area contributed by atoms with Crippen LogP contribution in [0.25, 0.3) is 0 Å². The smallest absolute Gasteiger partial charge is 0.312 e. The number of aliphatic hydroxyl groups is 1. The fourth-order valence-electron chi connectivity index (χ4n) is 6.04. The molecular formula is C25H38N2O6. The third kappa shape index (κ3) is 3.91. The molecule has 8 heteroatoms. The van der Waals surface area contributed by atoms with Crippen LogP contribution >= 0.6 is 0 Å². The monoisotopic (exact) mass is 462 g/mol. The fraction of sp³-hybridized carbons (Fsp3) is 0.720. The molecule has 33 heavy (non-hydrogen) atoms. The maximum absolute atomic E-state index is 13.9. The van der Waals surface area contributed by atoms with E-state index in [4.69, 9.17) is 9.47 Å². The highest BCUT2D eigenvalue weighted by Crippen LogP contribution is 2.65. The average Bonchev–Trinajstić information content (AvgIpc) is 3.26. The van der Waals surface area contributed by atoms with Crippen LogP contribution in [0.3, 0.4) is 0 Å². The van der Waals surface area contributed by atoms with E-state index >= 15 is 0 Å². The van der Waals surface area contributed by atoms with Gasteiger partial charge in [0.2, 0.25) is 11.8 Å². The van der Waals surface area contributed by atoms with Crippen molar-refractivity contribution in [3.63, 3.8) is 0 Å². The van der Waals surface area contributed by atoms with Gasteiger partial charge in [-0.1, -0.05) is 19.1 Å². The van der Waals surface area contributed by atoms with Crippen molar-refractivity contribution in [3.8, 4) is 0 Å². The second-order valence-corrected chi connectivity index (χ2v) is 9.93. The maximum atomic E-state index is 13.9. The summed E-state index contributed by atoms with van der Waals surface area (Å²) in [4.78, 5) is 44.2. The molecular weight excluding hydrogens is 424 g/mol. The molecule has 0 aromatic rings. The summed E-state index contributed by atoms with van der Waals surface area (Å²) in [7, 11) is 0. The number of amides is 2. The van der Waals surface area contributed by atoms with E-state index in [1.165, 1.54) is 4.90 Å². The number of hydrogen-bond acceptors (Lipinski definition) is 6. The minimum Gasteiger partial charge on any atom is -0.465 e. The van der Waals surface area contributed by atoms with Crippen LogP contribution in [0, 0.1) is 17.8 Å². The minimum atomic E-state index is -1.10. The number of likely N-dealkylation sites (tertiary alicyclic amines) is 1. The first kappa shape index (κ1) is 25.4. The number of rotatable bonds is 11. The molecule has 2 bridgehead atoms. The Balaban J connectivity index is 2.06. The normalized spacial score (nSPS) is 34.5. The predicted molar refractivity (Wildman–Crippen MR) is 123 cm³/mol. The molecule has 0 aromatic carbocycles. The summed E-state index contributed by atoms with van der Waals surface area (Å²) in [6.45, 7) is 15.8. The van der Waals surface area contributed by atoms with E-state index in [1.807, 2.05) is 27.7 Å². The summed E-state index contributed by atoms with van der Waals surface area (Å²) < 4.78 is 12.1. The van der Waals surface area contributed by atoms with Crippen LogP contribution in [-0.2, 0) is 23.9 Å². The standard InChI is InChI=1S/C25H38N2O6/c1-7-9-14-32-23(31)19-18-21(29)27(12-10-13-28)20(22(30)26(11-8-2)16(3)4)25(18)15-17(5)24(19,6)33-25/h7-8,16-20,28H,1-2,9-15H2,3-6H3/t17?,18-,19-,20?,24+,25?/m0/s1. The van der Waals surface area contributed by atoms with Crippen molar-refractivity contribution in [2.75, 3.05) is 26.3 Å². The molecule has 3 aliphatic rings. The van der Waals surface area contributed by atoms with E-state index in [1.54, 1.807) is 17.1 Å². The quantitative estimate of drug-likeness (QED) is 0.286. The van der Waals surface area contributed by atoms with Gasteiger partial charge in [-0.2, -0.15) is 0 Å². The van der Waals surface area contributed by atoms with Gasteiger partial charge in [0.25, 0.3) is 0 Å². The molecule has 8 nitrogen and oxygen atoms in total. The van der Waals surface area contributed by atoms with Gasteiger partial charge in [0.15, 0.2) is 0 Å². The number of hydrogen-bond donors (Lipinski definition) is 1. The average molecular weight is 463 g/mol. The molecule has 3 unspecified atom stereocenters. The highest BCUT2D eigenvalue weighted by molar-refractivity contribution is 5.98. The van der Waals surface area contributed by atoms with Crippen molar-refractivity contribution in [2.24, 2.45) is 17.8 Å². The Kier molecular flexibility index (Phi) is 7.39. The molecule has 0 radical (unpaired) electrons. The fourth-order valence-corrected chi connectivity index (χ4v) is 6.04. The lowest BCUT2D eigenvalue weighted by atomic mass is 9.62. The Bertz CT molecular complexity index is 813. The maximum Gasteiger partial charge on any atom is 0.312 e. The lowest BCUT2D eigenvalue weighted by Gasteiger charge is -2.38. The summed E-state index contributed by atoms with van der Waals surface area (Å²) in [5, 5.41) is 9.44. The highest BCUT2D eigenvalue weighted by Gasteiger charge is 2.80. The van der Waals surface area contributed by atoms with Crippen LogP contribution in [0.2, 0.25) is 0 Å². The molecule has 1 spiro atoms. The Morgan fingerprint density at radius 1 is 1.36 bits per heavy atom. The summed E-state index contributed by atoms with van der Waals surface area (Å²) >= 11 is 0. The first-order chi connectivity index (χ1) is 15.6. The summed E-state index contributed by atoms with van der Waals surface area (Å²) in [6, 6.07) is -0.967. The molecule has 3 rings (SSSR count). The molecule has 0 saturated carbocycles. The molecule has 6 atom stereocenters. The lowest BCUT2D eigenvalue weighted by molar-refractivity contribution is -0.162. The van der Waals surface area contributed by atoms with Crippen molar-refractivity contribution in [3.05, 3.63) is 25.3 Å². The highest BCUT2D eigenvalue weighted by atomic mass is 16.6. The largest absolute Gasteiger partial charge is 0.465 e. The second-order valence-electron chi connectivity index (χ2n) is 9.93. The van der Waals surface area contributed by atoms with Crippen LogP contribution in [0.4, 0.5) is 0 Å². The van der Waals surface area contributed by atoms with Crippen LogP contribution in [-0.4, -0.2) is 82.3 Å². The molecule has 0 aromatic heterocycles. The van der Waals surface area contributed by atoms with Crippen molar-refractivity contribution in [1.82, 2.24) is 9.80 Å². The number of carbonyl (C=O) groups is 3. The first-order valence-corrected chi connectivity index (χ1v) is 11.9. The number of fused-ring (bicyclic) bond motifs is 1. The number of ether oxygens (including phenoxy) is 2.